The molecule has 0 fully saturated rings. The van der Waals surface area contributed by atoms with Crippen molar-refractivity contribution in [1.29, 1.82) is 0 Å². The molecule has 110 valence electrons. The first-order valence-electron chi connectivity index (χ1n) is 5.92. The third-order valence-corrected chi connectivity index (χ3v) is 3.29. The molecule has 2 N–H and O–H groups in total. The highest BCUT2D eigenvalue weighted by Gasteiger charge is 2.11. The van der Waals surface area contributed by atoms with Crippen LogP contribution in [0.25, 0.3) is 0 Å². The highest BCUT2D eigenvalue weighted by Crippen LogP contribution is 2.27. The van der Waals surface area contributed by atoms with Gasteiger partial charge in [0, 0.05) is 6.04 Å². The standard InChI is InChI=1S/C13H17BrN2O4/c1-8(15-7-12(17)16-13(18)20-3)9-4-5-11(19-2)10(14)6-9/h4-6,8,15H,7H2,1-3H3,(H,16,17,18)/t8-/m1/s1. The molecule has 2 amide bonds. The summed E-state index contributed by atoms with van der Waals surface area (Å²) in [5.74, 6) is 0.292. The lowest BCUT2D eigenvalue weighted by atomic mass is 10.1. The summed E-state index contributed by atoms with van der Waals surface area (Å²) >= 11 is 3.40. The number of hydrogen-bond acceptors (Lipinski definition) is 5. The van der Waals surface area contributed by atoms with Crippen molar-refractivity contribution in [3.05, 3.63) is 28.2 Å². The van der Waals surface area contributed by atoms with Gasteiger partial charge in [0.2, 0.25) is 5.91 Å². The van der Waals surface area contributed by atoms with E-state index in [-0.39, 0.29) is 12.6 Å². The van der Waals surface area contributed by atoms with Gasteiger partial charge in [0.05, 0.1) is 25.2 Å². The molecular formula is C13H17BrN2O4. The van der Waals surface area contributed by atoms with Crippen molar-refractivity contribution < 1.29 is 19.1 Å². The number of benzene rings is 1. The average Bonchev–Trinajstić information content (AvgIpc) is 2.44. The number of methoxy groups -OCH3 is 2. The van der Waals surface area contributed by atoms with Gasteiger partial charge >= 0.3 is 6.09 Å². The SMILES string of the molecule is COC(=O)NC(=O)CN[C@H](C)c1ccc(OC)c(Br)c1. The lowest BCUT2D eigenvalue weighted by Crippen LogP contribution is -2.38. The first-order valence-corrected chi connectivity index (χ1v) is 6.71. The summed E-state index contributed by atoms with van der Waals surface area (Å²) in [5, 5.41) is 5.09. The molecule has 0 unspecified atom stereocenters. The van der Waals surface area contributed by atoms with Crippen LogP contribution in [0.1, 0.15) is 18.5 Å². The van der Waals surface area contributed by atoms with Crippen LogP contribution in [-0.4, -0.2) is 32.8 Å². The largest absolute Gasteiger partial charge is 0.496 e. The Morgan fingerprint density at radius 1 is 1.35 bits per heavy atom. The second-order valence-corrected chi connectivity index (χ2v) is 4.89. The first kappa shape index (κ1) is 16.5. The molecule has 0 saturated heterocycles. The van der Waals surface area contributed by atoms with E-state index in [1.54, 1.807) is 7.11 Å². The van der Waals surface area contributed by atoms with Gasteiger partial charge < -0.3 is 14.8 Å². The van der Waals surface area contributed by atoms with Crippen LogP contribution in [0.2, 0.25) is 0 Å². The van der Waals surface area contributed by atoms with E-state index in [0.717, 1.165) is 15.8 Å². The van der Waals surface area contributed by atoms with E-state index >= 15 is 0 Å². The third-order valence-electron chi connectivity index (χ3n) is 2.67. The fourth-order valence-electron chi connectivity index (χ4n) is 1.52. The van der Waals surface area contributed by atoms with Crippen LogP contribution < -0.4 is 15.4 Å². The van der Waals surface area contributed by atoms with Gasteiger partial charge in [-0.25, -0.2) is 4.79 Å². The van der Waals surface area contributed by atoms with Crippen molar-refractivity contribution in [3.63, 3.8) is 0 Å². The van der Waals surface area contributed by atoms with E-state index in [9.17, 15) is 9.59 Å². The summed E-state index contributed by atoms with van der Waals surface area (Å²) < 4.78 is 10.3. The minimum absolute atomic E-state index is 0.0138. The Labute approximate surface area is 126 Å². The summed E-state index contributed by atoms with van der Waals surface area (Å²) in [6.45, 7) is 1.93. The first-order chi connectivity index (χ1) is 9.47. The predicted octanol–water partition coefficient (Wildman–Crippen LogP) is 1.99. The van der Waals surface area contributed by atoms with Crippen LogP contribution in [0.15, 0.2) is 22.7 Å². The van der Waals surface area contributed by atoms with Gasteiger partial charge in [0.25, 0.3) is 0 Å². The van der Waals surface area contributed by atoms with E-state index < -0.39 is 12.0 Å². The number of ether oxygens (including phenoxy) is 2. The Bertz CT molecular complexity index is 493. The number of imide groups is 1. The van der Waals surface area contributed by atoms with Crippen molar-refractivity contribution in [2.45, 2.75) is 13.0 Å². The highest BCUT2D eigenvalue weighted by atomic mass is 79.9. The molecule has 1 rings (SSSR count). The Balaban J connectivity index is 2.54. The zero-order valence-corrected chi connectivity index (χ0v) is 13.1. The predicted molar refractivity (Wildman–Crippen MR) is 77.7 cm³/mol. The Kier molecular flexibility index (Phi) is 6.47. The second kappa shape index (κ2) is 7.86. The van der Waals surface area contributed by atoms with Crippen LogP contribution in [0.5, 0.6) is 5.75 Å². The van der Waals surface area contributed by atoms with Gasteiger partial charge in [0.15, 0.2) is 0 Å². The summed E-state index contributed by atoms with van der Waals surface area (Å²) in [6.07, 6.45) is -0.767. The van der Waals surface area contributed by atoms with Gasteiger partial charge in [0.1, 0.15) is 5.75 Å². The van der Waals surface area contributed by atoms with Crippen LogP contribution in [0.4, 0.5) is 4.79 Å². The van der Waals surface area contributed by atoms with Crippen molar-refractivity contribution in [2.75, 3.05) is 20.8 Å². The molecule has 0 saturated carbocycles. The molecule has 1 aromatic rings. The number of alkyl carbamates (subject to hydrolysis) is 1. The molecule has 0 aliphatic carbocycles. The Morgan fingerprint density at radius 2 is 2.05 bits per heavy atom. The van der Waals surface area contributed by atoms with E-state index in [1.165, 1.54) is 7.11 Å². The molecule has 0 heterocycles. The number of carbonyl (C=O) groups is 2. The van der Waals surface area contributed by atoms with Gasteiger partial charge in [-0.05, 0) is 40.5 Å². The minimum atomic E-state index is -0.767. The summed E-state index contributed by atoms with van der Waals surface area (Å²) in [7, 11) is 2.80. The van der Waals surface area contributed by atoms with Crippen LogP contribution in [0, 0.1) is 0 Å². The third kappa shape index (κ3) is 4.82. The molecule has 1 aromatic carbocycles. The van der Waals surface area contributed by atoms with Crippen molar-refractivity contribution in [2.24, 2.45) is 0 Å². The second-order valence-electron chi connectivity index (χ2n) is 4.04. The maximum absolute atomic E-state index is 11.4. The van der Waals surface area contributed by atoms with E-state index in [0.29, 0.717) is 0 Å². The van der Waals surface area contributed by atoms with Crippen LogP contribution >= 0.6 is 15.9 Å². The van der Waals surface area contributed by atoms with Crippen LogP contribution in [-0.2, 0) is 9.53 Å². The van der Waals surface area contributed by atoms with Gasteiger partial charge in [-0.2, -0.15) is 0 Å². The molecule has 20 heavy (non-hydrogen) atoms. The zero-order chi connectivity index (χ0) is 15.1. The summed E-state index contributed by atoms with van der Waals surface area (Å²) in [5.41, 5.74) is 0.989. The molecule has 0 radical (unpaired) electrons. The van der Waals surface area contributed by atoms with Crippen LogP contribution in [0.3, 0.4) is 0 Å². The van der Waals surface area contributed by atoms with Gasteiger partial charge in [-0.15, -0.1) is 0 Å². The lowest BCUT2D eigenvalue weighted by molar-refractivity contribution is -0.119. The fourth-order valence-corrected chi connectivity index (χ4v) is 2.08. The topological polar surface area (TPSA) is 76.7 Å². The lowest BCUT2D eigenvalue weighted by Gasteiger charge is -2.15. The molecule has 0 aromatic heterocycles. The number of hydrogen-bond donors (Lipinski definition) is 2. The molecule has 0 aliphatic rings. The Hall–Kier alpha value is -1.60. The maximum Gasteiger partial charge on any atom is 0.413 e. The summed E-state index contributed by atoms with van der Waals surface area (Å²) in [6, 6.07) is 5.60. The number of rotatable bonds is 5. The molecule has 6 nitrogen and oxygen atoms in total. The van der Waals surface area contributed by atoms with Crippen molar-refractivity contribution in [3.8, 4) is 5.75 Å². The average molecular weight is 345 g/mol. The molecule has 0 spiro atoms. The fraction of sp³-hybridized carbons (Fsp3) is 0.385. The highest BCUT2D eigenvalue weighted by molar-refractivity contribution is 9.10. The summed E-state index contributed by atoms with van der Waals surface area (Å²) in [4.78, 5) is 22.3. The molecular weight excluding hydrogens is 328 g/mol. The Morgan fingerprint density at radius 3 is 2.60 bits per heavy atom. The molecule has 7 heteroatoms. The van der Waals surface area contributed by atoms with Crippen molar-refractivity contribution in [1.82, 2.24) is 10.6 Å². The van der Waals surface area contributed by atoms with Gasteiger partial charge in [-0.1, -0.05) is 6.07 Å². The number of nitrogens with one attached hydrogen (secondary N) is 2. The number of amides is 2. The number of halogens is 1. The van der Waals surface area contributed by atoms with Crippen molar-refractivity contribution >= 4 is 27.9 Å². The van der Waals surface area contributed by atoms with E-state index in [1.807, 2.05) is 25.1 Å². The van der Waals surface area contributed by atoms with E-state index in [4.69, 9.17) is 4.74 Å². The zero-order valence-electron chi connectivity index (χ0n) is 11.5. The normalized spacial score (nSPS) is 11.6. The quantitative estimate of drug-likeness (QED) is 0.854. The van der Waals surface area contributed by atoms with Gasteiger partial charge in [-0.3, -0.25) is 10.1 Å². The molecule has 0 bridgehead atoms. The molecule has 0 aliphatic heterocycles. The monoisotopic (exact) mass is 344 g/mol. The maximum atomic E-state index is 11.4. The number of carbonyl (C=O) groups excluding carboxylic acids is 2. The molecule has 1 atom stereocenters. The smallest absolute Gasteiger partial charge is 0.413 e. The van der Waals surface area contributed by atoms with E-state index in [2.05, 4.69) is 31.3 Å². The minimum Gasteiger partial charge on any atom is -0.496 e.